The van der Waals surface area contributed by atoms with Crippen LogP contribution in [0.1, 0.15) is 52.1 Å². The quantitative estimate of drug-likeness (QED) is 0.735. The standard InChI is InChI=1S/C17H29NO2/c1-6-9-13(3)12-20-16-11-8-10-15(19-5)17(16)14(4)18-7-2/h8,10-11,13-14,18H,6-7,9,12H2,1-5H3. The molecule has 2 atom stereocenters. The van der Waals surface area contributed by atoms with Gasteiger partial charge in [-0.3, -0.25) is 0 Å². The Morgan fingerprint density at radius 3 is 2.45 bits per heavy atom. The molecule has 0 saturated carbocycles. The van der Waals surface area contributed by atoms with Crippen molar-refractivity contribution in [2.75, 3.05) is 20.3 Å². The van der Waals surface area contributed by atoms with E-state index in [1.807, 2.05) is 18.2 Å². The van der Waals surface area contributed by atoms with Gasteiger partial charge in [-0.2, -0.15) is 0 Å². The van der Waals surface area contributed by atoms with E-state index in [0.29, 0.717) is 5.92 Å². The Bertz CT molecular complexity index is 393. The van der Waals surface area contributed by atoms with Crippen molar-refractivity contribution < 1.29 is 9.47 Å². The van der Waals surface area contributed by atoms with Crippen LogP contribution < -0.4 is 14.8 Å². The molecule has 0 fully saturated rings. The summed E-state index contributed by atoms with van der Waals surface area (Å²) in [5.74, 6) is 2.40. The molecule has 1 N–H and O–H groups in total. The number of methoxy groups -OCH3 is 1. The maximum atomic E-state index is 6.04. The van der Waals surface area contributed by atoms with Gasteiger partial charge in [0.2, 0.25) is 0 Å². The van der Waals surface area contributed by atoms with Crippen LogP contribution in [0.3, 0.4) is 0 Å². The van der Waals surface area contributed by atoms with Crippen molar-refractivity contribution in [3.05, 3.63) is 23.8 Å². The highest BCUT2D eigenvalue weighted by molar-refractivity contribution is 5.46. The first-order valence-corrected chi connectivity index (χ1v) is 7.67. The fourth-order valence-corrected chi connectivity index (χ4v) is 2.47. The zero-order valence-electron chi connectivity index (χ0n) is 13.5. The van der Waals surface area contributed by atoms with E-state index >= 15 is 0 Å². The van der Waals surface area contributed by atoms with E-state index in [-0.39, 0.29) is 6.04 Å². The third-order valence-electron chi connectivity index (χ3n) is 3.49. The lowest BCUT2D eigenvalue weighted by Crippen LogP contribution is -2.20. The van der Waals surface area contributed by atoms with Crippen molar-refractivity contribution in [1.29, 1.82) is 0 Å². The van der Waals surface area contributed by atoms with Gasteiger partial charge in [0.15, 0.2) is 0 Å². The predicted octanol–water partition coefficient (Wildman–Crippen LogP) is 4.18. The topological polar surface area (TPSA) is 30.5 Å². The minimum atomic E-state index is 0.215. The van der Waals surface area contributed by atoms with Gasteiger partial charge in [-0.1, -0.05) is 33.3 Å². The molecule has 0 aliphatic carbocycles. The van der Waals surface area contributed by atoms with Crippen LogP contribution in [-0.4, -0.2) is 20.3 Å². The maximum absolute atomic E-state index is 6.04. The first-order valence-electron chi connectivity index (χ1n) is 7.67. The van der Waals surface area contributed by atoms with Crippen molar-refractivity contribution in [2.45, 2.75) is 46.6 Å². The fraction of sp³-hybridized carbons (Fsp3) is 0.647. The van der Waals surface area contributed by atoms with E-state index in [4.69, 9.17) is 9.47 Å². The van der Waals surface area contributed by atoms with Gasteiger partial charge in [-0.25, -0.2) is 0 Å². The van der Waals surface area contributed by atoms with Crippen molar-refractivity contribution in [3.63, 3.8) is 0 Å². The zero-order valence-corrected chi connectivity index (χ0v) is 13.5. The van der Waals surface area contributed by atoms with Crippen LogP contribution in [0.5, 0.6) is 11.5 Å². The summed E-state index contributed by atoms with van der Waals surface area (Å²) in [7, 11) is 1.71. The molecule has 0 amide bonds. The Kier molecular flexibility index (Phi) is 7.45. The summed E-state index contributed by atoms with van der Waals surface area (Å²) in [6, 6.07) is 6.23. The molecule has 0 saturated heterocycles. The van der Waals surface area contributed by atoms with Gasteiger partial charge in [0.25, 0.3) is 0 Å². The van der Waals surface area contributed by atoms with Crippen LogP contribution >= 0.6 is 0 Å². The van der Waals surface area contributed by atoms with E-state index in [2.05, 4.69) is 33.0 Å². The third kappa shape index (κ3) is 4.71. The Hall–Kier alpha value is -1.22. The maximum Gasteiger partial charge on any atom is 0.127 e. The third-order valence-corrected chi connectivity index (χ3v) is 3.49. The average Bonchev–Trinajstić information content (AvgIpc) is 2.45. The Labute approximate surface area is 123 Å². The second-order valence-corrected chi connectivity index (χ2v) is 5.36. The summed E-state index contributed by atoms with van der Waals surface area (Å²) < 4.78 is 11.5. The summed E-state index contributed by atoms with van der Waals surface area (Å²) in [6.45, 7) is 10.4. The summed E-state index contributed by atoms with van der Waals surface area (Å²) in [5.41, 5.74) is 1.11. The number of benzene rings is 1. The number of nitrogens with one attached hydrogen (secondary N) is 1. The van der Waals surface area contributed by atoms with E-state index < -0.39 is 0 Å². The van der Waals surface area contributed by atoms with E-state index in [1.54, 1.807) is 7.11 Å². The number of ether oxygens (including phenoxy) is 2. The predicted molar refractivity (Wildman–Crippen MR) is 84.7 cm³/mol. The lowest BCUT2D eigenvalue weighted by Gasteiger charge is -2.21. The van der Waals surface area contributed by atoms with Crippen molar-refractivity contribution in [3.8, 4) is 11.5 Å². The molecule has 2 unspecified atom stereocenters. The normalized spacial score (nSPS) is 13.8. The van der Waals surface area contributed by atoms with E-state index in [1.165, 1.54) is 12.8 Å². The van der Waals surface area contributed by atoms with Gasteiger partial charge < -0.3 is 14.8 Å². The summed E-state index contributed by atoms with van der Waals surface area (Å²) in [6.07, 6.45) is 2.39. The number of rotatable bonds is 9. The molecule has 0 radical (unpaired) electrons. The number of hydrogen-bond donors (Lipinski definition) is 1. The van der Waals surface area contributed by atoms with Gasteiger partial charge in [0, 0.05) is 6.04 Å². The summed E-state index contributed by atoms with van der Waals surface area (Å²) >= 11 is 0. The second kappa shape index (κ2) is 8.85. The van der Waals surface area contributed by atoms with Gasteiger partial charge in [-0.15, -0.1) is 0 Å². The lowest BCUT2D eigenvalue weighted by molar-refractivity contribution is 0.246. The highest BCUT2D eigenvalue weighted by Crippen LogP contribution is 2.34. The fourth-order valence-electron chi connectivity index (χ4n) is 2.47. The minimum absolute atomic E-state index is 0.215. The molecule has 0 aromatic heterocycles. The van der Waals surface area contributed by atoms with Crippen LogP contribution in [0.15, 0.2) is 18.2 Å². The SMILES string of the molecule is CCCC(C)COc1cccc(OC)c1C(C)NCC. The van der Waals surface area contributed by atoms with Gasteiger partial charge in [-0.05, 0) is 37.9 Å². The summed E-state index contributed by atoms with van der Waals surface area (Å²) in [4.78, 5) is 0. The molecule has 3 nitrogen and oxygen atoms in total. The molecule has 1 aromatic rings. The molecule has 0 heterocycles. The summed E-state index contributed by atoms with van der Waals surface area (Å²) in [5, 5.41) is 3.43. The molecule has 0 bridgehead atoms. The Morgan fingerprint density at radius 2 is 1.85 bits per heavy atom. The molecule has 20 heavy (non-hydrogen) atoms. The molecule has 114 valence electrons. The Balaban J connectivity index is 2.88. The monoisotopic (exact) mass is 279 g/mol. The molecule has 1 aromatic carbocycles. The zero-order chi connectivity index (χ0) is 15.0. The molecule has 0 aliphatic heterocycles. The average molecular weight is 279 g/mol. The van der Waals surface area contributed by atoms with Gasteiger partial charge >= 0.3 is 0 Å². The van der Waals surface area contributed by atoms with Crippen LogP contribution in [0.25, 0.3) is 0 Å². The van der Waals surface area contributed by atoms with Gasteiger partial charge in [0.05, 0.1) is 19.3 Å². The van der Waals surface area contributed by atoms with Crippen LogP contribution in [-0.2, 0) is 0 Å². The van der Waals surface area contributed by atoms with E-state index in [9.17, 15) is 0 Å². The van der Waals surface area contributed by atoms with Gasteiger partial charge in [0.1, 0.15) is 11.5 Å². The second-order valence-electron chi connectivity index (χ2n) is 5.36. The molecule has 1 rings (SSSR count). The lowest BCUT2D eigenvalue weighted by atomic mass is 10.0. The van der Waals surface area contributed by atoms with Crippen LogP contribution in [0.2, 0.25) is 0 Å². The Morgan fingerprint density at radius 1 is 1.15 bits per heavy atom. The van der Waals surface area contributed by atoms with Crippen LogP contribution in [0.4, 0.5) is 0 Å². The largest absolute Gasteiger partial charge is 0.496 e. The highest BCUT2D eigenvalue weighted by atomic mass is 16.5. The van der Waals surface area contributed by atoms with Crippen molar-refractivity contribution in [2.24, 2.45) is 5.92 Å². The smallest absolute Gasteiger partial charge is 0.127 e. The molecule has 3 heteroatoms. The molecule has 0 spiro atoms. The van der Waals surface area contributed by atoms with Crippen LogP contribution in [0, 0.1) is 5.92 Å². The van der Waals surface area contributed by atoms with E-state index in [0.717, 1.165) is 30.2 Å². The molecular formula is C17H29NO2. The first kappa shape index (κ1) is 16.8. The minimum Gasteiger partial charge on any atom is -0.496 e. The highest BCUT2D eigenvalue weighted by Gasteiger charge is 2.17. The van der Waals surface area contributed by atoms with Crippen molar-refractivity contribution >= 4 is 0 Å². The molecular weight excluding hydrogens is 250 g/mol. The first-order chi connectivity index (χ1) is 9.63. The van der Waals surface area contributed by atoms with Crippen molar-refractivity contribution in [1.82, 2.24) is 5.32 Å². The molecule has 0 aliphatic rings. The number of hydrogen-bond acceptors (Lipinski definition) is 3.